The fourth-order valence-corrected chi connectivity index (χ4v) is 2.12. The van der Waals surface area contributed by atoms with Gasteiger partial charge in [0.05, 0.1) is 17.0 Å². The molecule has 88 valence electrons. The molecule has 3 nitrogen and oxygen atoms in total. The number of methoxy groups -OCH3 is 1. The zero-order valence-corrected chi connectivity index (χ0v) is 10.0. The lowest BCUT2D eigenvalue weighted by Gasteiger charge is -2.40. The molecular weight excluding hydrogens is 200 g/mol. The molecule has 0 radical (unpaired) electrons. The molecular formula is C13H20N2O. The van der Waals surface area contributed by atoms with Gasteiger partial charge in [-0.05, 0) is 37.8 Å². The van der Waals surface area contributed by atoms with Gasteiger partial charge in [0, 0.05) is 13.7 Å². The lowest BCUT2D eigenvalue weighted by atomic mass is 9.80. The predicted molar refractivity (Wildman–Crippen MR) is 67.7 cm³/mol. The first-order chi connectivity index (χ1) is 7.67. The van der Waals surface area contributed by atoms with Crippen molar-refractivity contribution in [3.8, 4) is 0 Å². The molecule has 0 unspecified atom stereocenters. The van der Waals surface area contributed by atoms with Crippen LogP contribution in [0.25, 0.3) is 0 Å². The van der Waals surface area contributed by atoms with Crippen molar-refractivity contribution in [2.24, 2.45) is 0 Å². The number of ether oxygens (including phenoxy) is 1. The second-order valence-electron chi connectivity index (χ2n) is 4.63. The quantitative estimate of drug-likeness (QED) is 0.767. The van der Waals surface area contributed by atoms with E-state index in [-0.39, 0.29) is 5.60 Å². The lowest BCUT2D eigenvalue weighted by Crippen LogP contribution is -2.45. The van der Waals surface area contributed by atoms with Gasteiger partial charge in [-0.1, -0.05) is 12.1 Å². The number of nitrogens with one attached hydrogen (secondary N) is 1. The second-order valence-corrected chi connectivity index (χ2v) is 4.63. The van der Waals surface area contributed by atoms with Crippen molar-refractivity contribution >= 4 is 11.4 Å². The largest absolute Gasteiger partial charge is 0.397 e. The summed E-state index contributed by atoms with van der Waals surface area (Å²) in [6.07, 6.45) is 3.54. The highest BCUT2D eigenvalue weighted by Gasteiger charge is 2.36. The molecule has 0 bridgehead atoms. The van der Waals surface area contributed by atoms with Gasteiger partial charge >= 0.3 is 0 Å². The lowest BCUT2D eigenvalue weighted by molar-refractivity contribution is -0.0601. The first-order valence-corrected chi connectivity index (χ1v) is 5.81. The Labute approximate surface area is 97.0 Å². The molecule has 0 aliphatic heterocycles. The summed E-state index contributed by atoms with van der Waals surface area (Å²) < 4.78 is 5.56. The van der Waals surface area contributed by atoms with Crippen LogP contribution in [0.3, 0.4) is 0 Å². The van der Waals surface area contributed by atoms with Gasteiger partial charge in [-0.3, -0.25) is 0 Å². The Morgan fingerprint density at radius 2 is 2.19 bits per heavy atom. The Morgan fingerprint density at radius 3 is 2.75 bits per heavy atom. The second kappa shape index (κ2) is 4.34. The third-order valence-corrected chi connectivity index (χ3v) is 3.62. The van der Waals surface area contributed by atoms with E-state index >= 15 is 0 Å². The number of aryl methyl sites for hydroxylation is 1. The summed E-state index contributed by atoms with van der Waals surface area (Å²) >= 11 is 0. The van der Waals surface area contributed by atoms with Gasteiger partial charge in [-0.2, -0.15) is 0 Å². The van der Waals surface area contributed by atoms with Crippen LogP contribution in [0, 0.1) is 6.92 Å². The fourth-order valence-electron chi connectivity index (χ4n) is 2.12. The summed E-state index contributed by atoms with van der Waals surface area (Å²) in [5, 5.41) is 3.40. The number of hydrogen-bond acceptors (Lipinski definition) is 3. The molecule has 0 spiro atoms. The highest BCUT2D eigenvalue weighted by molar-refractivity contribution is 5.69. The van der Waals surface area contributed by atoms with Crippen LogP contribution < -0.4 is 11.1 Å². The molecule has 1 saturated carbocycles. The Morgan fingerprint density at radius 1 is 1.44 bits per heavy atom. The van der Waals surface area contributed by atoms with Gasteiger partial charge in [-0.15, -0.1) is 0 Å². The first-order valence-electron chi connectivity index (χ1n) is 5.81. The van der Waals surface area contributed by atoms with Gasteiger partial charge in [0.15, 0.2) is 0 Å². The number of benzene rings is 1. The Kier molecular flexibility index (Phi) is 3.06. The fraction of sp³-hybridized carbons (Fsp3) is 0.538. The van der Waals surface area contributed by atoms with E-state index in [1.54, 1.807) is 7.11 Å². The summed E-state index contributed by atoms with van der Waals surface area (Å²) in [5.41, 5.74) is 9.02. The number of nitrogen functional groups attached to an aromatic ring is 1. The van der Waals surface area contributed by atoms with Crippen LogP contribution in [-0.2, 0) is 4.74 Å². The maximum absolute atomic E-state index is 6.01. The molecule has 1 aliphatic carbocycles. The molecule has 1 aromatic carbocycles. The zero-order valence-electron chi connectivity index (χ0n) is 10.0. The van der Waals surface area contributed by atoms with Crippen LogP contribution in [0.5, 0.6) is 0 Å². The molecule has 0 atom stereocenters. The molecule has 0 saturated heterocycles. The third-order valence-electron chi connectivity index (χ3n) is 3.62. The van der Waals surface area contributed by atoms with Crippen molar-refractivity contribution in [3.63, 3.8) is 0 Å². The normalized spacial score (nSPS) is 17.9. The van der Waals surface area contributed by atoms with E-state index in [4.69, 9.17) is 10.5 Å². The van der Waals surface area contributed by atoms with Gasteiger partial charge in [0.25, 0.3) is 0 Å². The molecule has 1 fully saturated rings. The van der Waals surface area contributed by atoms with E-state index in [0.29, 0.717) is 0 Å². The number of rotatable bonds is 4. The van der Waals surface area contributed by atoms with Crippen molar-refractivity contribution in [2.75, 3.05) is 24.7 Å². The van der Waals surface area contributed by atoms with E-state index in [1.807, 2.05) is 25.1 Å². The molecule has 3 heteroatoms. The van der Waals surface area contributed by atoms with Gasteiger partial charge in [0.2, 0.25) is 0 Å². The van der Waals surface area contributed by atoms with E-state index in [9.17, 15) is 0 Å². The van der Waals surface area contributed by atoms with Crippen molar-refractivity contribution in [1.29, 1.82) is 0 Å². The van der Waals surface area contributed by atoms with E-state index in [0.717, 1.165) is 36.3 Å². The summed E-state index contributed by atoms with van der Waals surface area (Å²) in [5.74, 6) is 0. The summed E-state index contributed by atoms with van der Waals surface area (Å²) in [7, 11) is 1.79. The van der Waals surface area contributed by atoms with Crippen molar-refractivity contribution in [2.45, 2.75) is 31.8 Å². The predicted octanol–water partition coefficient (Wildman–Crippen LogP) is 2.56. The molecule has 2 rings (SSSR count). The number of para-hydroxylation sites is 1. The minimum Gasteiger partial charge on any atom is -0.397 e. The molecule has 0 heterocycles. The number of hydrogen-bond donors (Lipinski definition) is 2. The number of nitrogens with two attached hydrogens (primary N) is 1. The monoisotopic (exact) mass is 220 g/mol. The van der Waals surface area contributed by atoms with Gasteiger partial charge in [-0.25, -0.2) is 0 Å². The first kappa shape index (κ1) is 11.3. The molecule has 1 aromatic rings. The average Bonchev–Trinajstić information content (AvgIpc) is 2.23. The Balaban J connectivity index is 2.02. The molecule has 1 aliphatic rings. The zero-order chi connectivity index (χ0) is 11.6. The SMILES string of the molecule is COC1(CNc2cccc(C)c2N)CCC1. The Hall–Kier alpha value is -1.22. The summed E-state index contributed by atoms with van der Waals surface area (Å²) in [6, 6.07) is 6.06. The molecule has 3 N–H and O–H groups in total. The minimum absolute atomic E-state index is 0.0379. The molecule has 16 heavy (non-hydrogen) atoms. The summed E-state index contributed by atoms with van der Waals surface area (Å²) in [6.45, 7) is 2.87. The van der Waals surface area contributed by atoms with E-state index < -0.39 is 0 Å². The molecule has 0 aromatic heterocycles. The van der Waals surface area contributed by atoms with Crippen LogP contribution in [0.2, 0.25) is 0 Å². The van der Waals surface area contributed by atoms with Crippen molar-refractivity contribution < 1.29 is 4.74 Å². The van der Waals surface area contributed by atoms with E-state index in [1.165, 1.54) is 6.42 Å². The van der Waals surface area contributed by atoms with E-state index in [2.05, 4.69) is 5.32 Å². The third kappa shape index (κ3) is 2.00. The number of anilines is 2. The highest BCUT2D eigenvalue weighted by Crippen LogP contribution is 2.35. The van der Waals surface area contributed by atoms with Crippen molar-refractivity contribution in [3.05, 3.63) is 23.8 Å². The summed E-state index contributed by atoms with van der Waals surface area (Å²) in [4.78, 5) is 0. The van der Waals surface area contributed by atoms with Crippen LogP contribution in [0.1, 0.15) is 24.8 Å². The van der Waals surface area contributed by atoms with Gasteiger partial charge < -0.3 is 15.8 Å². The molecule has 0 amide bonds. The maximum atomic E-state index is 6.01. The highest BCUT2D eigenvalue weighted by atomic mass is 16.5. The van der Waals surface area contributed by atoms with Crippen LogP contribution in [0.15, 0.2) is 18.2 Å². The topological polar surface area (TPSA) is 47.3 Å². The van der Waals surface area contributed by atoms with Crippen molar-refractivity contribution in [1.82, 2.24) is 0 Å². The average molecular weight is 220 g/mol. The van der Waals surface area contributed by atoms with Gasteiger partial charge in [0.1, 0.15) is 0 Å². The van der Waals surface area contributed by atoms with Crippen LogP contribution >= 0.6 is 0 Å². The maximum Gasteiger partial charge on any atom is 0.0850 e. The standard InChI is InChI=1S/C13H20N2O/c1-10-5-3-6-11(12(10)14)15-9-13(16-2)7-4-8-13/h3,5-6,15H,4,7-9,14H2,1-2H3. The Bertz CT molecular complexity index is 367. The minimum atomic E-state index is 0.0379. The smallest absolute Gasteiger partial charge is 0.0850 e. The van der Waals surface area contributed by atoms with Crippen LogP contribution in [-0.4, -0.2) is 19.3 Å². The van der Waals surface area contributed by atoms with Crippen LogP contribution in [0.4, 0.5) is 11.4 Å².